The predicted molar refractivity (Wildman–Crippen MR) is 186 cm³/mol. The lowest BCUT2D eigenvalue weighted by molar-refractivity contribution is -0.140. The van der Waals surface area contributed by atoms with Gasteiger partial charge in [-0.3, -0.25) is 13.9 Å². The number of hydrogen-bond acceptors (Lipinski definition) is 4. The van der Waals surface area contributed by atoms with Crippen molar-refractivity contribution in [1.29, 1.82) is 0 Å². The Morgan fingerprint density at radius 2 is 1.41 bits per heavy atom. The first-order valence-electron chi connectivity index (χ1n) is 14.8. The van der Waals surface area contributed by atoms with Crippen molar-refractivity contribution in [1.82, 2.24) is 10.2 Å². The van der Waals surface area contributed by atoms with Gasteiger partial charge >= 0.3 is 0 Å². The van der Waals surface area contributed by atoms with Crippen LogP contribution in [0.3, 0.4) is 0 Å². The quantitative estimate of drug-likeness (QED) is 0.155. The Morgan fingerprint density at radius 1 is 0.804 bits per heavy atom. The smallest absolute Gasteiger partial charge is 0.264 e. The van der Waals surface area contributed by atoms with Crippen LogP contribution in [0.15, 0.2) is 102 Å². The number of benzene rings is 4. The van der Waals surface area contributed by atoms with Crippen molar-refractivity contribution in [3.8, 4) is 0 Å². The highest BCUT2D eigenvalue weighted by atomic mass is 35.5. The number of nitrogens with one attached hydrogen (secondary N) is 1. The third-order valence-corrected chi connectivity index (χ3v) is 10.0. The lowest BCUT2D eigenvalue weighted by atomic mass is 10.0. The largest absolute Gasteiger partial charge is 0.352 e. The Balaban J connectivity index is 1.83. The second kappa shape index (κ2) is 15.8. The van der Waals surface area contributed by atoms with E-state index in [4.69, 9.17) is 34.8 Å². The molecule has 4 rings (SSSR count). The molecule has 0 heterocycles. The summed E-state index contributed by atoms with van der Waals surface area (Å²) in [4.78, 5) is 29.9. The van der Waals surface area contributed by atoms with Gasteiger partial charge in [0.2, 0.25) is 11.8 Å². The molecular weight excluding hydrogens is 665 g/mol. The van der Waals surface area contributed by atoms with E-state index in [1.807, 2.05) is 51.1 Å². The van der Waals surface area contributed by atoms with Crippen molar-refractivity contribution < 1.29 is 18.0 Å². The second-order valence-electron chi connectivity index (χ2n) is 11.1. The van der Waals surface area contributed by atoms with Crippen molar-refractivity contribution in [3.05, 3.63) is 129 Å². The number of carbonyl (C=O) groups is 2. The lowest BCUT2D eigenvalue weighted by Crippen LogP contribution is -2.54. The zero-order chi connectivity index (χ0) is 33.4. The average Bonchev–Trinajstić information content (AvgIpc) is 3.02. The third kappa shape index (κ3) is 9.26. The van der Waals surface area contributed by atoms with Gasteiger partial charge in [0.15, 0.2) is 0 Å². The number of rotatable bonds is 13. The minimum Gasteiger partial charge on any atom is -0.352 e. The summed E-state index contributed by atoms with van der Waals surface area (Å²) in [5, 5.41) is 3.94. The summed E-state index contributed by atoms with van der Waals surface area (Å²) in [6.45, 7) is 5.10. The highest BCUT2D eigenvalue weighted by Crippen LogP contribution is 2.30. The maximum Gasteiger partial charge on any atom is 0.264 e. The summed E-state index contributed by atoms with van der Waals surface area (Å²) in [6.07, 6.45) is 0.892. The van der Waals surface area contributed by atoms with Crippen LogP contribution in [0.4, 0.5) is 5.69 Å². The molecule has 7 nitrogen and oxygen atoms in total. The SMILES string of the molecule is CCC(C)NC(=O)C(Cc1ccccc1)N(Cc1ccc(Cl)cc1)C(=O)CN(c1cc(Cl)cc(Cl)c1)S(=O)(=O)c1ccc(C)cc1. The van der Waals surface area contributed by atoms with E-state index in [0.717, 1.165) is 15.4 Å². The Kier molecular flexibility index (Phi) is 12.1. The van der Waals surface area contributed by atoms with Crippen LogP contribution < -0.4 is 9.62 Å². The number of anilines is 1. The van der Waals surface area contributed by atoms with Gasteiger partial charge in [-0.2, -0.15) is 0 Å². The first-order valence-corrected chi connectivity index (χ1v) is 17.4. The fourth-order valence-corrected chi connectivity index (χ4v) is 6.87. The first kappa shape index (κ1) is 35.3. The Hall–Kier alpha value is -3.56. The number of aryl methyl sites for hydroxylation is 1. The van der Waals surface area contributed by atoms with Crippen LogP contribution in [-0.2, 0) is 32.6 Å². The monoisotopic (exact) mass is 699 g/mol. The fourth-order valence-electron chi connectivity index (χ4n) is 4.83. The molecule has 1 N–H and O–H groups in total. The minimum atomic E-state index is -4.29. The van der Waals surface area contributed by atoms with Crippen LogP contribution in [0.25, 0.3) is 0 Å². The van der Waals surface area contributed by atoms with Gasteiger partial charge < -0.3 is 10.2 Å². The molecule has 0 aliphatic carbocycles. The topological polar surface area (TPSA) is 86.8 Å². The first-order chi connectivity index (χ1) is 21.9. The Labute approximate surface area is 286 Å². The molecule has 0 aliphatic rings. The molecule has 0 aliphatic heterocycles. The summed E-state index contributed by atoms with van der Waals surface area (Å²) < 4.78 is 29.3. The number of nitrogens with zero attached hydrogens (tertiary/aromatic N) is 2. The molecule has 2 amide bonds. The standard InChI is InChI=1S/C35H36Cl3N3O4S/c1-4-25(3)39-35(43)33(18-26-8-6-5-7-9-26)40(22-27-12-14-28(36)15-13-27)34(42)23-41(31-20-29(37)19-30(38)21-31)46(44,45)32-16-10-24(2)11-17-32/h5-17,19-21,25,33H,4,18,22-23H2,1-3H3,(H,39,43). The molecule has 4 aromatic rings. The maximum atomic E-state index is 14.5. The molecule has 0 spiro atoms. The van der Waals surface area contributed by atoms with Gasteiger partial charge in [0.1, 0.15) is 12.6 Å². The molecule has 0 saturated carbocycles. The van der Waals surface area contributed by atoms with E-state index in [-0.39, 0.29) is 45.5 Å². The molecule has 2 unspecified atom stereocenters. The van der Waals surface area contributed by atoms with E-state index in [0.29, 0.717) is 17.0 Å². The number of halogens is 3. The number of amides is 2. The molecule has 0 aromatic heterocycles. The molecule has 11 heteroatoms. The maximum absolute atomic E-state index is 14.5. The molecular formula is C35H36Cl3N3O4S. The average molecular weight is 701 g/mol. The molecule has 46 heavy (non-hydrogen) atoms. The van der Waals surface area contributed by atoms with E-state index >= 15 is 0 Å². The number of sulfonamides is 1. The predicted octanol–water partition coefficient (Wildman–Crippen LogP) is 7.71. The van der Waals surface area contributed by atoms with Gasteiger partial charge in [-0.1, -0.05) is 102 Å². The zero-order valence-electron chi connectivity index (χ0n) is 25.8. The molecule has 0 bridgehead atoms. The van der Waals surface area contributed by atoms with E-state index in [1.165, 1.54) is 35.2 Å². The van der Waals surface area contributed by atoms with Crippen molar-refractivity contribution in [2.24, 2.45) is 0 Å². The van der Waals surface area contributed by atoms with E-state index in [9.17, 15) is 18.0 Å². The van der Waals surface area contributed by atoms with Crippen LogP contribution in [0.1, 0.15) is 37.0 Å². The van der Waals surface area contributed by atoms with E-state index < -0.39 is 28.5 Å². The number of carbonyl (C=O) groups excluding carboxylic acids is 2. The highest BCUT2D eigenvalue weighted by Gasteiger charge is 2.35. The van der Waals surface area contributed by atoms with Gasteiger partial charge in [-0.25, -0.2) is 8.42 Å². The van der Waals surface area contributed by atoms with Gasteiger partial charge in [-0.15, -0.1) is 0 Å². The highest BCUT2D eigenvalue weighted by molar-refractivity contribution is 7.92. The van der Waals surface area contributed by atoms with Crippen molar-refractivity contribution >= 4 is 62.3 Å². The molecule has 242 valence electrons. The van der Waals surface area contributed by atoms with Crippen LogP contribution in [0.2, 0.25) is 15.1 Å². The summed E-state index contributed by atoms with van der Waals surface area (Å²) in [5.74, 6) is -0.943. The van der Waals surface area contributed by atoms with Gasteiger partial charge in [-0.05, 0) is 73.9 Å². The van der Waals surface area contributed by atoms with E-state index in [1.54, 1.807) is 36.4 Å². The van der Waals surface area contributed by atoms with Crippen LogP contribution >= 0.6 is 34.8 Å². The fraction of sp³-hybridized carbons (Fsp3) is 0.257. The molecule has 0 radical (unpaired) electrons. The van der Waals surface area contributed by atoms with Crippen LogP contribution in [-0.4, -0.2) is 43.8 Å². The molecule has 0 fully saturated rings. The summed E-state index contributed by atoms with van der Waals surface area (Å²) in [7, 11) is -4.29. The summed E-state index contributed by atoms with van der Waals surface area (Å²) in [5.41, 5.74) is 2.54. The van der Waals surface area contributed by atoms with Gasteiger partial charge in [0.25, 0.3) is 10.0 Å². The van der Waals surface area contributed by atoms with Crippen LogP contribution in [0, 0.1) is 6.92 Å². The lowest BCUT2D eigenvalue weighted by Gasteiger charge is -2.34. The zero-order valence-corrected chi connectivity index (χ0v) is 28.9. The van der Waals surface area contributed by atoms with Crippen molar-refractivity contribution in [2.45, 2.75) is 57.1 Å². The van der Waals surface area contributed by atoms with Crippen LogP contribution in [0.5, 0.6) is 0 Å². The third-order valence-electron chi connectivity index (χ3n) is 7.56. The molecule has 4 aromatic carbocycles. The van der Waals surface area contributed by atoms with Crippen molar-refractivity contribution in [3.63, 3.8) is 0 Å². The second-order valence-corrected chi connectivity index (χ2v) is 14.3. The Morgan fingerprint density at radius 3 is 2.00 bits per heavy atom. The number of hydrogen-bond donors (Lipinski definition) is 1. The normalized spacial score (nSPS) is 12.7. The van der Waals surface area contributed by atoms with Crippen molar-refractivity contribution in [2.75, 3.05) is 10.8 Å². The van der Waals surface area contributed by atoms with E-state index in [2.05, 4.69) is 5.32 Å². The summed E-state index contributed by atoms with van der Waals surface area (Å²) in [6, 6.07) is 25.9. The minimum absolute atomic E-state index is 0.0124. The molecule has 0 saturated heterocycles. The van der Waals surface area contributed by atoms with Gasteiger partial charge in [0, 0.05) is 34.1 Å². The summed E-state index contributed by atoms with van der Waals surface area (Å²) >= 11 is 18.8. The Bertz CT molecular complexity index is 1730. The van der Waals surface area contributed by atoms with Gasteiger partial charge in [0.05, 0.1) is 10.6 Å². The molecule has 2 atom stereocenters.